The molecule has 0 bridgehead atoms. The second kappa shape index (κ2) is 11.4. The number of hydrogen-bond donors (Lipinski definition) is 1. The number of carbonyl (C=O) groups is 1. The van der Waals surface area contributed by atoms with Crippen molar-refractivity contribution in [3.05, 3.63) is 58.3 Å². The second-order valence-corrected chi connectivity index (χ2v) is 10.7. The highest BCUT2D eigenvalue weighted by molar-refractivity contribution is 5.78. The number of nitrogens with zero attached hydrogens (tertiary/aromatic N) is 4. The number of nitriles is 1. The first-order valence-corrected chi connectivity index (χ1v) is 13.2. The summed E-state index contributed by atoms with van der Waals surface area (Å²) < 4.78 is 6.07. The van der Waals surface area contributed by atoms with E-state index in [1.54, 1.807) is 0 Å². The van der Waals surface area contributed by atoms with Crippen molar-refractivity contribution in [2.45, 2.75) is 71.6 Å². The molecule has 7 heteroatoms. The summed E-state index contributed by atoms with van der Waals surface area (Å²) >= 11 is 0. The van der Waals surface area contributed by atoms with Crippen LogP contribution in [0, 0.1) is 11.3 Å². The molecule has 0 aliphatic carbocycles. The van der Waals surface area contributed by atoms with Gasteiger partial charge in [-0.05, 0) is 44.7 Å². The van der Waals surface area contributed by atoms with Crippen LogP contribution in [0.2, 0.25) is 0 Å². The molecule has 1 amide bonds. The van der Waals surface area contributed by atoms with Gasteiger partial charge in [0, 0.05) is 49.9 Å². The number of amides is 1. The molecule has 36 heavy (non-hydrogen) atoms. The van der Waals surface area contributed by atoms with E-state index in [-0.39, 0.29) is 17.6 Å². The molecule has 0 radical (unpaired) electrons. The highest BCUT2D eigenvalue weighted by Gasteiger charge is 2.33. The minimum Gasteiger partial charge on any atom is -0.370 e. The van der Waals surface area contributed by atoms with E-state index in [9.17, 15) is 10.1 Å². The number of aryl methyl sites for hydroxylation is 1. The van der Waals surface area contributed by atoms with Crippen molar-refractivity contribution in [1.29, 1.82) is 5.26 Å². The van der Waals surface area contributed by atoms with E-state index in [2.05, 4.69) is 54.1 Å². The van der Waals surface area contributed by atoms with Gasteiger partial charge in [0.2, 0.25) is 5.91 Å². The van der Waals surface area contributed by atoms with Gasteiger partial charge in [-0.1, -0.05) is 43.7 Å². The van der Waals surface area contributed by atoms with Crippen molar-refractivity contribution in [1.82, 2.24) is 15.2 Å². The Kier molecular flexibility index (Phi) is 8.28. The predicted molar refractivity (Wildman–Crippen MR) is 142 cm³/mol. The van der Waals surface area contributed by atoms with Crippen LogP contribution in [-0.2, 0) is 35.4 Å². The first kappa shape index (κ1) is 26.1. The van der Waals surface area contributed by atoms with Gasteiger partial charge < -0.3 is 15.0 Å². The van der Waals surface area contributed by atoms with Crippen LogP contribution in [0.15, 0.2) is 30.3 Å². The molecule has 1 aromatic carbocycles. The van der Waals surface area contributed by atoms with Crippen LogP contribution in [0.25, 0.3) is 0 Å². The van der Waals surface area contributed by atoms with Gasteiger partial charge in [0.25, 0.3) is 0 Å². The Labute approximate surface area is 215 Å². The van der Waals surface area contributed by atoms with E-state index in [1.165, 1.54) is 5.56 Å². The van der Waals surface area contributed by atoms with E-state index in [1.807, 2.05) is 25.1 Å². The Hall–Kier alpha value is -2.95. The summed E-state index contributed by atoms with van der Waals surface area (Å²) in [5.74, 6) is 0.863. The molecule has 1 aromatic heterocycles. The Balaban J connectivity index is 1.39. The molecule has 0 unspecified atom stereocenters. The highest BCUT2D eigenvalue weighted by atomic mass is 16.5. The smallest absolute Gasteiger partial charge is 0.234 e. The van der Waals surface area contributed by atoms with Gasteiger partial charge >= 0.3 is 0 Å². The Morgan fingerprint density at radius 2 is 1.92 bits per heavy atom. The Bertz CT molecular complexity index is 1100. The van der Waals surface area contributed by atoms with Crippen molar-refractivity contribution >= 4 is 11.7 Å². The molecular weight excluding hydrogens is 450 g/mol. The van der Waals surface area contributed by atoms with Gasteiger partial charge in [-0.2, -0.15) is 5.26 Å². The summed E-state index contributed by atoms with van der Waals surface area (Å²) in [7, 11) is 0. The summed E-state index contributed by atoms with van der Waals surface area (Å²) in [6.45, 7) is 12.3. The van der Waals surface area contributed by atoms with Gasteiger partial charge in [-0.25, -0.2) is 4.98 Å². The average Bonchev–Trinajstić information content (AvgIpc) is 2.84. The van der Waals surface area contributed by atoms with Crippen molar-refractivity contribution in [3.63, 3.8) is 0 Å². The van der Waals surface area contributed by atoms with E-state index >= 15 is 0 Å². The standard InChI is InChI=1S/C29H39N5O2/c1-5-9-26-25-20-36-29(3,4)17-23(25)24(18-30)28(32-26)34-14-12-33(13-15-34)19-27(35)31-21(2)16-22-10-7-6-8-11-22/h6-8,10-11,21H,5,9,12-17,19-20H2,1-4H3,(H,31,35)/t21-/m1/s1. The summed E-state index contributed by atoms with van der Waals surface area (Å²) in [5.41, 5.74) is 4.91. The monoisotopic (exact) mass is 489 g/mol. The van der Waals surface area contributed by atoms with Crippen LogP contribution in [0.3, 0.4) is 0 Å². The molecule has 4 rings (SSSR count). The van der Waals surface area contributed by atoms with Crippen LogP contribution < -0.4 is 10.2 Å². The van der Waals surface area contributed by atoms with Crippen molar-refractivity contribution in [2.24, 2.45) is 0 Å². The number of fused-ring (bicyclic) bond motifs is 1. The molecule has 1 saturated heterocycles. The Morgan fingerprint density at radius 3 is 2.58 bits per heavy atom. The van der Waals surface area contributed by atoms with Crippen LogP contribution in [0.5, 0.6) is 0 Å². The fourth-order valence-electron chi connectivity index (χ4n) is 5.27. The van der Waals surface area contributed by atoms with Crippen molar-refractivity contribution < 1.29 is 9.53 Å². The lowest BCUT2D eigenvalue weighted by Crippen LogP contribution is -2.51. The lowest BCUT2D eigenvalue weighted by molar-refractivity contribution is -0.122. The SMILES string of the molecule is CCCc1nc(N2CCN(CC(=O)N[C@H](C)Cc3ccccc3)CC2)c(C#N)c2c1COC(C)(C)C2. The van der Waals surface area contributed by atoms with Crippen molar-refractivity contribution in [3.8, 4) is 6.07 Å². The fourth-order valence-corrected chi connectivity index (χ4v) is 5.27. The maximum atomic E-state index is 12.7. The fraction of sp³-hybridized carbons (Fsp3) is 0.552. The minimum absolute atomic E-state index is 0.0592. The van der Waals surface area contributed by atoms with Crippen LogP contribution >= 0.6 is 0 Å². The number of benzene rings is 1. The third kappa shape index (κ3) is 6.24. The molecule has 3 heterocycles. The molecule has 1 atom stereocenters. The number of hydrogen-bond acceptors (Lipinski definition) is 6. The zero-order chi connectivity index (χ0) is 25.7. The van der Waals surface area contributed by atoms with Gasteiger partial charge in [0.1, 0.15) is 11.9 Å². The lowest BCUT2D eigenvalue weighted by Gasteiger charge is -2.38. The predicted octanol–water partition coefficient (Wildman–Crippen LogP) is 3.63. The normalized spacial score (nSPS) is 18.2. The van der Waals surface area contributed by atoms with Gasteiger partial charge in [-0.3, -0.25) is 9.69 Å². The van der Waals surface area contributed by atoms with Crippen LogP contribution in [0.1, 0.15) is 62.1 Å². The number of carbonyl (C=O) groups excluding carboxylic acids is 1. The molecule has 1 fully saturated rings. The van der Waals surface area contributed by atoms with Gasteiger partial charge in [0.15, 0.2) is 0 Å². The topological polar surface area (TPSA) is 81.5 Å². The van der Waals surface area contributed by atoms with E-state index in [0.717, 1.165) is 74.5 Å². The van der Waals surface area contributed by atoms with Crippen LogP contribution in [-0.4, -0.2) is 60.2 Å². The quantitative estimate of drug-likeness (QED) is 0.610. The third-order valence-corrected chi connectivity index (χ3v) is 7.12. The largest absolute Gasteiger partial charge is 0.370 e. The molecule has 2 aliphatic heterocycles. The maximum absolute atomic E-state index is 12.7. The zero-order valence-corrected chi connectivity index (χ0v) is 22.1. The number of anilines is 1. The number of ether oxygens (including phenoxy) is 1. The van der Waals surface area contributed by atoms with Gasteiger partial charge in [0.05, 0.1) is 24.3 Å². The van der Waals surface area contributed by atoms with E-state index in [0.29, 0.717) is 18.7 Å². The molecular formula is C29H39N5O2. The first-order chi connectivity index (χ1) is 17.3. The lowest BCUT2D eigenvalue weighted by atomic mass is 9.87. The number of rotatable bonds is 8. The number of aromatic nitrogens is 1. The first-order valence-electron chi connectivity index (χ1n) is 13.2. The summed E-state index contributed by atoms with van der Waals surface area (Å²) in [5, 5.41) is 13.3. The number of pyridine rings is 1. The second-order valence-electron chi connectivity index (χ2n) is 10.7. The summed E-state index contributed by atoms with van der Waals surface area (Å²) in [6, 6.07) is 12.8. The molecule has 7 nitrogen and oxygen atoms in total. The Morgan fingerprint density at radius 1 is 1.19 bits per heavy atom. The number of nitrogens with one attached hydrogen (secondary N) is 1. The third-order valence-electron chi connectivity index (χ3n) is 7.12. The van der Waals surface area contributed by atoms with Crippen LogP contribution in [0.4, 0.5) is 5.82 Å². The van der Waals surface area contributed by atoms with E-state index in [4.69, 9.17) is 9.72 Å². The highest BCUT2D eigenvalue weighted by Crippen LogP contribution is 2.36. The molecule has 0 saturated carbocycles. The van der Waals surface area contributed by atoms with Gasteiger partial charge in [-0.15, -0.1) is 0 Å². The average molecular weight is 490 g/mol. The number of piperazine rings is 1. The maximum Gasteiger partial charge on any atom is 0.234 e. The molecule has 2 aliphatic rings. The molecule has 0 spiro atoms. The van der Waals surface area contributed by atoms with Crippen molar-refractivity contribution in [2.75, 3.05) is 37.6 Å². The zero-order valence-electron chi connectivity index (χ0n) is 22.1. The minimum atomic E-state index is -0.287. The van der Waals surface area contributed by atoms with E-state index < -0.39 is 0 Å². The summed E-state index contributed by atoms with van der Waals surface area (Å²) in [6.07, 6.45) is 3.42. The molecule has 192 valence electrons. The molecule has 2 aromatic rings. The summed E-state index contributed by atoms with van der Waals surface area (Å²) in [4.78, 5) is 22.1. The molecule has 1 N–H and O–H groups in total.